The van der Waals surface area contributed by atoms with Gasteiger partial charge in [0, 0.05) is 46.0 Å². The molecule has 0 heterocycles. The molecule has 0 aliphatic heterocycles. The molecule has 3 N–H and O–H groups in total. The van der Waals surface area contributed by atoms with Gasteiger partial charge in [0.15, 0.2) is 0 Å². The van der Waals surface area contributed by atoms with Crippen LogP contribution in [0.5, 0.6) is 0 Å². The van der Waals surface area contributed by atoms with Gasteiger partial charge in [0.25, 0.3) is 0 Å². The van der Waals surface area contributed by atoms with Crippen LogP contribution in [0.1, 0.15) is 48.0 Å². The van der Waals surface area contributed by atoms with E-state index in [0.717, 1.165) is 6.42 Å². The largest absolute Gasteiger partial charge is 0 e. The Hall–Kier alpha value is 0.716. The van der Waals surface area contributed by atoms with Crippen LogP contribution in [0.3, 0.4) is 0 Å². The second-order valence-electron chi connectivity index (χ2n) is 6.61. The molecular formula is C19H41FGeO3Zr-. The minimum atomic E-state index is -1.83. The molecule has 0 bridgehead atoms. The Kier molecular flexibility index (Phi) is 47.4. The molecule has 3 nitrogen and oxygen atoms in total. The summed E-state index contributed by atoms with van der Waals surface area (Å²) in [6, 6.07) is 0. The number of aliphatic hydroxyl groups is 3. The molecule has 1 rings (SSSR count). The van der Waals surface area contributed by atoms with Crippen LogP contribution in [0, 0.1) is 23.8 Å². The molecule has 25 heavy (non-hydrogen) atoms. The van der Waals surface area contributed by atoms with E-state index in [1.54, 1.807) is 11.5 Å². The Balaban J connectivity index is -0.0000000662. The van der Waals surface area contributed by atoms with Gasteiger partial charge in [0.05, 0.1) is 0 Å². The molecule has 0 spiro atoms. The third-order valence-electron chi connectivity index (χ3n) is 1.68. The van der Waals surface area contributed by atoms with Gasteiger partial charge in [-0.1, -0.05) is 41.5 Å². The van der Waals surface area contributed by atoms with Crippen LogP contribution < -0.4 is 0 Å². The average Bonchev–Trinajstić information content (AvgIpc) is 3.07. The van der Waals surface area contributed by atoms with Crippen LogP contribution in [-0.2, 0) is 26.2 Å². The van der Waals surface area contributed by atoms with Gasteiger partial charge in [-0.3, -0.25) is 6.08 Å². The minimum Gasteiger partial charge on any atom is 0 e. The first-order chi connectivity index (χ1) is 11.0. The van der Waals surface area contributed by atoms with Crippen molar-refractivity contribution in [3.8, 4) is 0 Å². The number of aliphatic hydroxyl groups excluding tert-OH is 3. The van der Waals surface area contributed by atoms with Gasteiger partial charge in [-0.25, -0.2) is 12.2 Å². The second-order valence-corrected chi connectivity index (χ2v) is 10.3. The predicted molar refractivity (Wildman–Crippen MR) is 106 cm³/mol. The first-order valence-electron chi connectivity index (χ1n) is 8.54. The standard InChI is InChI=1S/C5H5.3C4H10O.C2H6FGe.Zr/c1-2-4-5-3-1;3*1-4(2)3-5;1-4(2)3;/h1-3H,4H2;3*4-5H,3H2,1-2H3;1-2H3;/q-1;;;;;. The maximum atomic E-state index is 11.2. The van der Waals surface area contributed by atoms with E-state index in [2.05, 4.69) is 12.2 Å². The topological polar surface area (TPSA) is 60.7 Å². The summed E-state index contributed by atoms with van der Waals surface area (Å²) in [5.74, 6) is 4.65. The second kappa shape index (κ2) is 32.4. The summed E-state index contributed by atoms with van der Waals surface area (Å²) in [6.07, 6.45) is 10.0. The summed E-state index contributed by atoms with van der Waals surface area (Å²) in [5, 5.41) is 24.4. The molecule has 0 aromatic carbocycles. The molecule has 0 fully saturated rings. The van der Waals surface area contributed by atoms with E-state index in [-0.39, 0.29) is 26.2 Å². The van der Waals surface area contributed by atoms with Crippen LogP contribution in [0.15, 0.2) is 18.2 Å². The van der Waals surface area contributed by atoms with Crippen molar-refractivity contribution in [1.29, 1.82) is 0 Å². The molecular weight excluding hydrogens is 459 g/mol. The molecule has 0 saturated carbocycles. The number of hydrogen-bond donors (Lipinski definition) is 3. The van der Waals surface area contributed by atoms with Gasteiger partial charge in [-0.05, 0) is 17.8 Å². The number of rotatable bonds is 3. The summed E-state index contributed by atoms with van der Waals surface area (Å²) >= 11 is -1.83. The number of halogens is 1. The van der Waals surface area contributed by atoms with E-state index >= 15 is 0 Å². The van der Waals surface area contributed by atoms with E-state index < -0.39 is 14.8 Å². The van der Waals surface area contributed by atoms with E-state index in [1.807, 2.05) is 53.7 Å². The summed E-state index contributed by atoms with van der Waals surface area (Å²) in [4.78, 5) is 0. The van der Waals surface area contributed by atoms with Crippen LogP contribution in [0.4, 0.5) is 3.50 Å². The SMILES string of the molecule is CC(C)CO.CC(C)CO.CC(C)CO.[C-]1=CC=CC1.[CH3][Ge]([CH3])[F].[Zr]. The molecule has 0 atom stereocenters. The van der Waals surface area contributed by atoms with Crippen molar-refractivity contribution in [2.75, 3.05) is 19.8 Å². The van der Waals surface area contributed by atoms with Crippen molar-refractivity contribution >= 4 is 14.8 Å². The van der Waals surface area contributed by atoms with Gasteiger partial charge in [-0.2, -0.15) is 6.08 Å². The van der Waals surface area contributed by atoms with Crippen LogP contribution >= 0.6 is 0 Å². The van der Waals surface area contributed by atoms with E-state index in [9.17, 15) is 3.50 Å². The maximum Gasteiger partial charge on any atom is 0 e. The molecule has 0 amide bonds. The number of hydrogen-bond acceptors (Lipinski definition) is 3. The molecule has 6 heteroatoms. The molecule has 1 aliphatic carbocycles. The minimum absolute atomic E-state index is 0. The Morgan fingerprint density at radius 3 is 1.16 bits per heavy atom. The maximum absolute atomic E-state index is 11.2. The van der Waals surface area contributed by atoms with E-state index in [0.29, 0.717) is 37.6 Å². The zero-order valence-electron chi connectivity index (χ0n) is 17.5. The van der Waals surface area contributed by atoms with Crippen molar-refractivity contribution in [3.05, 3.63) is 24.3 Å². The number of allylic oxidation sites excluding steroid dienone is 4. The predicted octanol–water partition coefficient (Wildman–Crippen LogP) is 4.41. The van der Waals surface area contributed by atoms with Crippen molar-refractivity contribution in [3.63, 3.8) is 0 Å². The molecule has 0 unspecified atom stereocenters. The van der Waals surface area contributed by atoms with E-state index in [1.165, 1.54) is 0 Å². The fourth-order valence-corrected chi connectivity index (χ4v) is 0.340. The third-order valence-corrected chi connectivity index (χ3v) is 1.68. The summed E-state index contributed by atoms with van der Waals surface area (Å²) in [7, 11) is 0. The summed E-state index contributed by atoms with van der Waals surface area (Å²) in [6.45, 7) is 12.7. The Morgan fingerprint density at radius 1 is 0.880 bits per heavy atom. The monoisotopic (exact) mass is 500 g/mol. The Labute approximate surface area is 180 Å². The first-order valence-corrected chi connectivity index (χ1v) is 13.5. The molecule has 0 aromatic heterocycles. The van der Waals surface area contributed by atoms with E-state index in [4.69, 9.17) is 15.3 Å². The first kappa shape index (κ1) is 36.6. The van der Waals surface area contributed by atoms with Crippen LogP contribution in [0.25, 0.3) is 0 Å². The van der Waals surface area contributed by atoms with Crippen LogP contribution in [-0.4, -0.2) is 50.0 Å². The summed E-state index contributed by atoms with van der Waals surface area (Å²) in [5.41, 5.74) is 0. The molecule has 151 valence electrons. The fraction of sp³-hybridized carbons (Fsp3) is 0.789. The van der Waals surface area contributed by atoms with Crippen molar-refractivity contribution < 1.29 is 45.0 Å². The van der Waals surface area contributed by atoms with Gasteiger partial charge >= 0.3 is 29.8 Å². The fourth-order valence-electron chi connectivity index (χ4n) is 0.340. The smallest absolute Gasteiger partial charge is 0 e. The van der Waals surface area contributed by atoms with Gasteiger partial charge in [0.2, 0.25) is 0 Å². The average molecular weight is 500 g/mol. The van der Waals surface area contributed by atoms with Crippen molar-refractivity contribution in [1.82, 2.24) is 0 Å². The molecule has 0 aromatic rings. The normalized spacial score (nSPS) is 10.7. The Morgan fingerprint density at radius 2 is 1.12 bits per heavy atom. The van der Waals surface area contributed by atoms with Gasteiger partial charge < -0.3 is 15.3 Å². The van der Waals surface area contributed by atoms with Crippen molar-refractivity contribution in [2.24, 2.45) is 17.8 Å². The summed E-state index contributed by atoms with van der Waals surface area (Å²) < 4.78 is 11.2. The third kappa shape index (κ3) is 92.9. The quantitative estimate of drug-likeness (QED) is 0.398. The molecule has 1 aliphatic rings. The zero-order chi connectivity index (χ0) is 20.0. The van der Waals surface area contributed by atoms with Crippen molar-refractivity contribution in [2.45, 2.75) is 59.5 Å². The molecule has 0 saturated heterocycles. The van der Waals surface area contributed by atoms with Gasteiger partial charge in [0.1, 0.15) is 0 Å². The Bertz CT molecular complexity index is 227. The van der Waals surface area contributed by atoms with Gasteiger partial charge in [-0.15, -0.1) is 6.42 Å². The molecule has 1 radical (unpaired) electrons. The van der Waals surface area contributed by atoms with Crippen LogP contribution in [0.2, 0.25) is 11.5 Å². The zero-order valence-corrected chi connectivity index (χ0v) is 22.1.